The third-order valence-corrected chi connectivity index (χ3v) is 4.61. The van der Waals surface area contributed by atoms with Gasteiger partial charge >= 0.3 is 5.97 Å². The maximum atomic E-state index is 12.3. The summed E-state index contributed by atoms with van der Waals surface area (Å²) < 4.78 is 4.97. The first-order valence-electron chi connectivity index (χ1n) is 8.90. The van der Waals surface area contributed by atoms with Gasteiger partial charge in [-0.05, 0) is 17.7 Å². The maximum absolute atomic E-state index is 12.3. The van der Waals surface area contributed by atoms with Gasteiger partial charge in [-0.1, -0.05) is 30.3 Å². The van der Waals surface area contributed by atoms with Crippen LogP contribution in [0, 0.1) is 0 Å². The molecule has 8 nitrogen and oxygen atoms in total. The van der Waals surface area contributed by atoms with Crippen molar-refractivity contribution in [2.75, 3.05) is 32.8 Å². The van der Waals surface area contributed by atoms with Crippen molar-refractivity contribution in [1.82, 2.24) is 9.80 Å². The van der Waals surface area contributed by atoms with Gasteiger partial charge in [-0.25, -0.2) is 4.79 Å². The van der Waals surface area contributed by atoms with E-state index in [4.69, 9.17) is 4.74 Å². The maximum Gasteiger partial charge on any atom is 0.338 e. The number of nitrogens with zero attached hydrogens (tertiary/aromatic N) is 2. The number of phenolic OH excluding ortho intramolecular Hbond substituents is 3. The minimum atomic E-state index is -0.873. The van der Waals surface area contributed by atoms with E-state index in [1.165, 1.54) is 5.56 Å². The molecule has 0 bridgehead atoms. The molecule has 2 aromatic carbocycles. The molecule has 0 unspecified atom stereocenters. The molecule has 3 rings (SSSR count). The highest BCUT2D eigenvalue weighted by Crippen LogP contribution is 2.35. The molecule has 0 spiro atoms. The van der Waals surface area contributed by atoms with E-state index in [2.05, 4.69) is 17.0 Å². The van der Waals surface area contributed by atoms with Crippen LogP contribution in [0.5, 0.6) is 17.2 Å². The topological polar surface area (TPSA) is 111 Å². The Kier molecular flexibility index (Phi) is 6.00. The van der Waals surface area contributed by atoms with Crippen LogP contribution in [0.2, 0.25) is 0 Å². The van der Waals surface area contributed by atoms with Gasteiger partial charge in [-0.2, -0.15) is 0 Å². The average molecular weight is 386 g/mol. The molecule has 1 aliphatic heterocycles. The van der Waals surface area contributed by atoms with Gasteiger partial charge < -0.3 is 25.0 Å². The van der Waals surface area contributed by atoms with Gasteiger partial charge in [-0.3, -0.25) is 9.69 Å². The lowest BCUT2D eigenvalue weighted by Gasteiger charge is -2.34. The van der Waals surface area contributed by atoms with Crippen molar-refractivity contribution in [1.29, 1.82) is 0 Å². The number of benzene rings is 2. The van der Waals surface area contributed by atoms with Gasteiger partial charge in [0, 0.05) is 32.7 Å². The fourth-order valence-electron chi connectivity index (χ4n) is 3.02. The van der Waals surface area contributed by atoms with Crippen LogP contribution in [0.4, 0.5) is 0 Å². The number of carbonyl (C=O) groups is 2. The van der Waals surface area contributed by atoms with Crippen LogP contribution in [0.3, 0.4) is 0 Å². The first kappa shape index (κ1) is 19.5. The zero-order valence-corrected chi connectivity index (χ0v) is 15.2. The largest absolute Gasteiger partial charge is 0.504 e. The van der Waals surface area contributed by atoms with E-state index in [9.17, 15) is 24.9 Å². The fraction of sp³-hybridized carbons (Fsp3) is 0.300. The number of ether oxygens (including phenoxy) is 1. The fourth-order valence-corrected chi connectivity index (χ4v) is 3.02. The Bertz CT molecular complexity index is 824. The number of esters is 1. The van der Waals surface area contributed by atoms with Crippen molar-refractivity contribution in [3.8, 4) is 17.2 Å². The van der Waals surface area contributed by atoms with Gasteiger partial charge in [-0.15, -0.1) is 0 Å². The van der Waals surface area contributed by atoms with Gasteiger partial charge in [0.25, 0.3) is 5.91 Å². The lowest BCUT2D eigenvalue weighted by molar-refractivity contribution is -0.136. The molecule has 3 N–H and O–H groups in total. The lowest BCUT2D eigenvalue weighted by Crippen LogP contribution is -2.49. The van der Waals surface area contributed by atoms with Crippen LogP contribution in [-0.4, -0.2) is 69.8 Å². The third-order valence-electron chi connectivity index (χ3n) is 4.61. The Morgan fingerprint density at radius 3 is 2.14 bits per heavy atom. The Morgan fingerprint density at radius 1 is 0.929 bits per heavy atom. The van der Waals surface area contributed by atoms with Crippen molar-refractivity contribution >= 4 is 11.9 Å². The van der Waals surface area contributed by atoms with E-state index < -0.39 is 29.8 Å². The molecule has 0 aromatic heterocycles. The second-order valence-electron chi connectivity index (χ2n) is 6.58. The minimum Gasteiger partial charge on any atom is -0.504 e. The number of amides is 1. The monoisotopic (exact) mass is 386 g/mol. The quantitative estimate of drug-likeness (QED) is 0.525. The number of carbonyl (C=O) groups excluding carboxylic acids is 2. The third kappa shape index (κ3) is 4.72. The number of hydrogen-bond donors (Lipinski definition) is 3. The number of aromatic hydroxyl groups is 3. The standard InChI is InChI=1S/C20H22N2O6/c23-16-10-15(11-17(24)19(16)26)20(27)28-13-18(25)22-8-6-21(7-9-22)12-14-4-2-1-3-5-14/h1-5,10-11,23-24,26H,6-9,12-13H2. The van der Waals surface area contributed by atoms with E-state index in [0.717, 1.165) is 31.8 Å². The summed E-state index contributed by atoms with van der Waals surface area (Å²) in [7, 11) is 0. The number of piperazine rings is 1. The highest BCUT2D eigenvalue weighted by Gasteiger charge is 2.23. The summed E-state index contributed by atoms with van der Waals surface area (Å²) in [4.78, 5) is 28.2. The second kappa shape index (κ2) is 8.62. The van der Waals surface area contributed by atoms with Gasteiger partial charge in [0.15, 0.2) is 23.9 Å². The van der Waals surface area contributed by atoms with Gasteiger partial charge in [0.05, 0.1) is 5.56 Å². The van der Waals surface area contributed by atoms with E-state index >= 15 is 0 Å². The molecule has 28 heavy (non-hydrogen) atoms. The number of hydrogen-bond acceptors (Lipinski definition) is 7. The summed E-state index contributed by atoms with van der Waals surface area (Å²) >= 11 is 0. The highest BCUT2D eigenvalue weighted by atomic mass is 16.5. The molecular formula is C20H22N2O6. The normalized spacial score (nSPS) is 14.6. The van der Waals surface area contributed by atoms with Crippen LogP contribution in [-0.2, 0) is 16.1 Å². The molecule has 0 saturated carbocycles. The van der Waals surface area contributed by atoms with Crippen LogP contribution >= 0.6 is 0 Å². The molecule has 1 heterocycles. The van der Waals surface area contributed by atoms with Crippen molar-refractivity contribution < 1.29 is 29.6 Å². The molecule has 0 radical (unpaired) electrons. The summed E-state index contributed by atoms with van der Waals surface area (Å²) in [5.74, 6) is -3.19. The Balaban J connectivity index is 1.46. The Hall–Kier alpha value is -3.26. The zero-order valence-electron chi connectivity index (χ0n) is 15.2. The van der Waals surface area contributed by atoms with Crippen LogP contribution in [0.1, 0.15) is 15.9 Å². The minimum absolute atomic E-state index is 0.159. The summed E-state index contributed by atoms with van der Waals surface area (Å²) in [6.45, 7) is 2.95. The summed E-state index contributed by atoms with van der Waals surface area (Å²) in [6, 6.07) is 12.0. The number of phenols is 3. The van der Waals surface area contributed by atoms with Gasteiger partial charge in [0.2, 0.25) is 0 Å². The zero-order chi connectivity index (χ0) is 20.1. The molecule has 1 amide bonds. The molecular weight excluding hydrogens is 364 g/mol. The molecule has 148 valence electrons. The Labute approximate surface area is 162 Å². The predicted molar refractivity (Wildman–Crippen MR) is 100 cm³/mol. The summed E-state index contributed by atoms with van der Waals surface area (Å²) in [5.41, 5.74) is 1.06. The predicted octanol–water partition coefficient (Wildman–Crippen LogP) is 1.30. The van der Waals surface area contributed by atoms with Crippen molar-refractivity contribution in [2.45, 2.75) is 6.54 Å². The number of rotatable bonds is 5. The van der Waals surface area contributed by atoms with E-state index in [1.807, 2.05) is 18.2 Å². The smallest absolute Gasteiger partial charge is 0.338 e. The molecule has 1 saturated heterocycles. The van der Waals surface area contributed by atoms with Crippen molar-refractivity contribution in [3.63, 3.8) is 0 Å². The van der Waals surface area contributed by atoms with E-state index in [1.54, 1.807) is 4.90 Å². The molecule has 1 fully saturated rings. The first-order chi connectivity index (χ1) is 13.4. The second-order valence-corrected chi connectivity index (χ2v) is 6.58. The van der Waals surface area contributed by atoms with Crippen LogP contribution < -0.4 is 0 Å². The van der Waals surface area contributed by atoms with Gasteiger partial charge in [0.1, 0.15) is 0 Å². The first-order valence-corrected chi connectivity index (χ1v) is 8.90. The van der Waals surface area contributed by atoms with E-state index in [-0.39, 0.29) is 11.5 Å². The van der Waals surface area contributed by atoms with Crippen molar-refractivity contribution in [3.05, 3.63) is 53.6 Å². The van der Waals surface area contributed by atoms with Crippen LogP contribution in [0.15, 0.2) is 42.5 Å². The lowest BCUT2D eigenvalue weighted by atomic mass is 10.2. The average Bonchev–Trinajstić information content (AvgIpc) is 2.71. The van der Waals surface area contributed by atoms with E-state index in [0.29, 0.717) is 13.1 Å². The molecule has 0 aliphatic carbocycles. The molecule has 8 heteroatoms. The molecule has 1 aliphatic rings. The summed E-state index contributed by atoms with van der Waals surface area (Å²) in [5, 5.41) is 28.2. The molecule has 2 aromatic rings. The van der Waals surface area contributed by atoms with Crippen molar-refractivity contribution in [2.24, 2.45) is 0 Å². The SMILES string of the molecule is O=C(OCC(=O)N1CCN(Cc2ccccc2)CC1)c1cc(O)c(O)c(O)c1. The summed E-state index contributed by atoms with van der Waals surface area (Å²) in [6.07, 6.45) is 0. The molecule has 0 atom stereocenters. The highest BCUT2D eigenvalue weighted by molar-refractivity contribution is 5.92. The van der Waals surface area contributed by atoms with Crippen LogP contribution in [0.25, 0.3) is 0 Å². The Morgan fingerprint density at radius 2 is 1.54 bits per heavy atom.